The highest BCUT2D eigenvalue weighted by Crippen LogP contribution is 2.60. The largest absolute Gasteiger partial charge is 0.358 e. The zero-order valence-electron chi connectivity index (χ0n) is 13.2. The molecule has 3 heterocycles. The Kier molecular flexibility index (Phi) is 3.23. The van der Waals surface area contributed by atoms with Gasteiger partial charge in [-0.2, -0.15) is 0 Å². The Morgan fingerprint density at radius 1 is 1.35 bits per heavy atom. The molecular formula is C19H21ClN2O. The van der Waals surface area contributed by atoms with Crippen LogP contribution < -0.4 is 5.32 Å². The van der Waals surface area contributed by atoms with Gasteiger partial charge in [0.05, 0.1) is 5.41 Å². The van der Waals surface area contributed by atoms with E-state index in [2.05, 4.69) is 47.5 Å². The second kappa shape index (κ2) is 4.96. The van der Waals surface area contributed by atoms with Gasteiger partial charge in [-0.25, -0.2) is 0 Å². The first-order valence-corrected chi connectivity index (χ1v) is 8.25. The number of piperidine rings is 1. The van der Waals surface area contributed by atoms with Gasteiger partial charge in [-0.1, -0.05) is 29.8 Å². The molecule has 0 aromatic heterocycles. The molecule has 3 aliphatic heterocycles. The fraction of sp³-hybridized carbons (Fsp3) is 0.421. The summed E-state index contributed by atoms with van der Waals surface area (Å²) >= 11 is 0. The number of rotatable bonds is 1. The molecule has 2 bridgehead atoms. The van der Waals surface area contributed by atoms with Crippen LogP contribution in [0.4, 0.5) is 5.69 Å². The number of hydrogen-bond donors (Lipinski definition) is 1. The van der Waals surface area contributed by atoms with E-state index in [0.717, 1.165) is 37.8 Å². The van der Waals surface area contributed by atoms with Crippen molar-refractivity contribution in [3.8, 4) is 0 Å². The van der Waals surface area contributed by atoms with Gasteiger partial charge in [-0.15, -0.1) is 12.4 Å². The van der Waals surface area contributed by atoms with E-state index in [1.54, 1.807) is 0 Å². The van der Waals surface area contributed by atoms with E-state index in [0.29, 0.717) is 12.0 Å². The lowest BCUT2D eigenvalue weighted by atomic mass is 9.62. The minimum atomic E-state index is 0. The molecule has 0 radical (unpaired) electrons. The normalized spacial score (nSPS) is 35.4. The summed E-state index contributed by atoms with van der Waals surface area (Å²) in [5.74, 6) is 0.312. The molecule has 4 aliphatic rings. The molecule has 1 N–H and O–H groups in total. The highest BCUT2D eigenvalue weighted by atomic mass is 35.5. The smallest absolute Gasteiger partial charge is 0.148 e. The lowest BCUT2D eigenvalue weighted by Gasteiger charge is -2.48. The Bertz CT molecular complexity index is 753. The zero-order valence-corrected chi connectivity index (χ0v) is 14.0. The predicted molar refractivity (Wildman–Crippen MR) is 93.9 cm³/mol. The number of aldehydes is 1. The Morgan fingerprint density at radius 3 is 2.96 bits per heavy atom. The van der Waals surface area contributed by atoms with Crippen LogP contribution in [0.25, 0.3) is 0 Å². The van der Waals surface area contributed by atoms with Crippen molar-refractivity contribution in [3.63, 3.8) is 0 Å². The van der Waals surface area contributed by atoms with Crippen LogP contribution in [0.1, 0.15) is 25.3 Å². The minimum absolute atomic E-state index is 0. The maximum atomic E-state index is 11.9. The summed E-state index contributed by atoms with van der Waals surface area (Å²) in [6.07, 6.45) is 5.55. The minimum Gasteiger partial charge on any atom is -0.358 e. The Balaban J connectivity index is 0.00000135. The van der Waals surface area contributed by atoms with E-state index < -0.39 is 0 Å². The molecule has 3 nitrogen and oxygen atoms in total. The van der Waals surface area contributed by atoms with Gasteiger partial charge >= 0.3 is 0 Å². The summed E-state index contributed by atoms with van der Waals surface area (Å²) in [6, 6.07) is 9.16. The van der Waals surface area contributed by atoms with Gasteiger partial charge in [0.25, 0.3) is 0 Å². The third-order valence-electron chi connectivity index (χ3n) is 6.37. The van der Waals surface area contributed by atoms with E-state index in [9.17, 15) is 4.79 Å². The molecule has 0 amide bonds. The Labute approximate surface area is 142 Å². The third-order valence-corrected chi connectivity index (χ3v) is 6.37. The number of halogens is 1. The fourth-order valence-electron chi connectivity index (χ4n) is 5.44. The number of carbonyl (C=O) groups excluding carboxylic acids is 1. The van der Waals surface area contributed by atoms with Crippen LogP contribution in [0.3, 0.4) is 0 Å². The quantitative estimate of drug-likeness (QED) is 0.634. The van der Waals surface area contributed by atoms with Crippen LogP contribution in [-0.2, 0) is 10.2 Å². The summed E-state index contributed by atoms with van der Waals surface area (Å²) in [5.41, 5.74) is 6.25. The van der Waals surface area contributed by atoms with Gasteiger partial charge < -0.3 is 5.32 Å². The summed E-state index contributed by atoms with van der Waals surface area (Å²) in [7, 11) is 0. The number of para-hydroxylation sites is 1. The third kappa shape index (κ3) is 1.62. The van der Waals surface area contributed by atoms with Crippen LogP contribution in [0.15, 0.2) is 47.2 Å². The monoisotopic (exact) mass is 328 g/mol. The van der Waals surface area contributed by atoms with Crippen molar-refractivity contribution in [2.45, 2.75) is 31.2 Å². The zero-order chi connectivity index (χ0) is 14.9. The molecule has 1 aliphatic carbocycles. The second-order valence-corrected chi connectivity index (χ2v) is 6.98. The van der Waals surface area contributed by atoms with Crippen molar-refractivity contribution in [2.75, 3.05) is 18.4 Å². The average molecular weight is 329 g/mol. The lowest BCUT2D eigenvalue weighted by Crippen LogP contribution is -2.52. The van der Waals surface area contributed by atoms with E-state index in [1.807, 2.05) is 0 Å². The standard InChI is InChI=1S/C19H20N2O.ClH/c1-2-12-10-21-8-7-19-15-5-3-4-6-16(15)20-18(19)14(11-22)13(12)9-17(19)21;/h2-6,11,13,17,20H,7-10H2,1H3;1H/b12-2+;/t13-,17?,19+;/m0./s1. The molecular weight excluding hydrogens is 308 g/mol. The molecule has 0 saturated carbocycles. The number of allylic oxidation sites excluding steroid dienone is 2. The molecule has 2 saturated heterocycles. The predicted octanol–water partition coefficient (Wildman–Crippen LogP) is 3.28. The highest BCUT2D eigenvalue weighted by molar-refractivity contribution is 5.85. The van der Waals surface area contributed by atoms with Crippen molar-refractivity contribution < 1.29 is 4.79 Å². The van der Waals surface area contributed by atoms with Crippen molar-refractivity contribution >= 4 is 24.4 Å². The number of benzene rings is 1. The summed E-state index contributed by atoms with van der Waals surface area (Å²) in [4.78, 5) is 14.6. The fourth-order valence-corrected chi connectivity index (χ4v) is 5.44. The number of fused-ring (bicyclic) bond motifs is 2. The van der Waals surface area contributed by atoms with Crippen LogP contribution in [0.2, 0.25) is 0 Å². The van der Waals surface area contributed by atoms with Crippen molar-refractivity contribution in [2.24, 2.45) is 5.92 Å². The van der Waals surface area contributed by atoms with Crippen LogP contribution in [0, 0.1) is 5.92 Å². The van der Waals surface area contributed by atoms with Crippen molar-refractivity contribution in [1.82, 2.24) is 4.90 Å². The number of hydrogen-bond acceptors (Lipinski definition) is 3. The molecule has 120 valence electrons. The molecule has 2 fully saturated rings. The molecule has 5 rings (SSSR count). The maximum absolute atomic E-state index is 11.9. The molecule has 3 atom stereocenters. The molecule has 23 heavy (non-hydrogen) atoms. The van der Waals surface area contributed by atoms with Gasteiger partial charge in [0, 0.05) is 42.0 Å². The number of anilines is 1. The van der Waals surface area contributed by atoms with E-state index >= 15 is 0 Å². The summed E-state index contributed by atoms with van der Waals surface area (Å²) in [5, 5.41) is 3.62. The van der Waals surface area contributed by atoms with Gasteiger partial charge in [0.1, 0.15) is 6.29 Å². The van der Waals surface area contributed by atoms with Crippen LogP contribution in [-0.4, -0.2) is 30.3 Å². The Hall–Kier alpha value is -1.58. The van der Waals surface area contributed by atoms with Crippen molar-refractivity contribution in [3.05, 3.63) is 52.7 Å². The van der Waals surface area contributed by atoms with Gasteiger partial charge in [0.15, 0.2) is 0 Å². The molecule has 4 heteroatoms. The van der Waals surface area contributed by atoms with E-state index in [1.165, 1.54) is 22.5 Å². The second-order valence-electron chi connectivity index (χ2n) is 6.98. The maximum Gasteiger partial charge on any atom is 0.148 e. The van der Waals surface area contributed by atoms with Crippen LogP contribution >= 0.6 is 12.4 Å². The first-order chi connectivity index (χ1) is 10.8. The number of nitrogens with zero attached hydrogens (tertiary/aromatic N) is 1. The van der Waals surface area contributed by atoms with E-state index in [4.69, 9.17) is 0 Å². The van der Waals surface area contributed by atoms with Gasteiger partial charge in [-0.3, -0.25) is 9.69 Å². The van der Waals surface area contributed by atoms with Crippen molar-refractivity contribution in [1.29, 1.82) is 0 Å². The first-order valence-electron chi connectivity index (χ1n) is 8.25. The molecule has 1 unspecified atom stereocenters. The highest BCUT2D eigenvalue weighted by Gasteiger charge is 2.60. The molecule has 1 spiro atoms. The topological polar surface area (TPSA) is 32.3 Å². The SMILES string of the molecule is C/C=C1\CN2CC[C@]34C(=C(C=O)[C@H]1CC23)Nc1ccccc14.Cl. The van der Waals surface area contributed by atoms with Gasteiger partial charge in [-0.05, 0) is 31.4 Å². The Morgan fingerprint density at radius 2 is 2.17 bits per heavy atom. The summed E-state index contributed by atoms with van der Waals surface area (Å²) in [6.45, 7) is 4.26. The number of carbonyl (C=O) groups is 1. The molecule has 1 aromatic carbocycles. The average Bonchev–Trinajstić information content (AvgIpc) is 3.11. The van der Waals surface area contributed by atoms with E-state index in [-0.39, 0.29) is 17.8 Å². The lowest BCUT2D eigenvalue weighted by molar-refractivity contribution is -0.105. The van der Waals surface area contributed by atoms with Crippen LogP contribution in [0.5, 0.6) is 0 Å². The first kappa shape index (κ1) is 15.0. The summed E-state index contributed by atoms with van der Waals surface area (Å²) < 4.78 is 0. The number of nitrogens with one attached hydrogen (secondary N) is 1. The molecule has 1 aromatic rings. The van der Waals surface area contributed by atoms with Gasteiger partial charge in [0.2, 0.25) is 0 Å².